The van der Waals surface area contributed by atoms with Crippen LogP contribution in [0.3, 0.4) is 0 Å². The Labute approximate surface area is 103 Å². The number of nitrogens with zero attached hydrogens (tertiary/aromatic N) is 1. The van der Waals surface area contributed by atoms with Crippen LogP contribution in [0.4, 0.5) is 0 Å². The van der Waals surface area contributed by atoms with Crippen molar-refractivity contribution in [3.63, 3.8) is 0 Å². The monoisotopic (exact) mass is 234 g/mol. The quantitative estimate of drug-likeness (QED) is 0.871. The van der Waals surface area contributed by atoms with E-state index in [0.717, 1.165) is 17.2 Å². The van der Waals surface area contributed by atoms with Gasteiger partial charge in [0.15, 0.2) is 0 Å². The minimum absolute atomic E-state index is 0.106. The molecule has 0 amide bonds. The van der Waals surface area contributed by atoms with Gasteiger partial charge in [-0.15, -0.1) is 0 Å². The summed E-state index contributed by atoms with van der Waals surface area (Å²) in [7, 11) is 1.66. The number of rotatable bonds is 4. The van der Waals surface area contributed by atoms with Crippen molar-refractivity contribution in [1.82, 2.24) is 4.98 Å². The van der Waals surface area contributed by atoms with Gasteiger partial charge in [0, 0.05) is 12.2 Å². The Morgan fingerprint density at radius 2 is 2.29 bits per heavy atom. The highest BCUT2D eigenvalue weighted by Crippen LogP contribution is 2.39. The van der Waals surface area contributed by atoms with Crippen LogP contribution in [-0.4, -0.2) is 12.1 Å². The second kappa shape index (κ2) is 5.50. The molecule has 0 aliphatic heterocycles. The molecule has 3 heteroatoms. The fourth-order valence-corrected chi connectivity index (χ4v) is 2.81. The molecule has 1 saturated carbocycles. The summed E-state index contributed by atoms with van der Waals surface area (Å²) in [5.74, 6) is 2.27. The molecular weight excluding hydrogens is 212 g/mol. The van der Waals surface area contributed by atoms with Crippen LogP contribution in [0.2, 0.25) is 0 Å². The molecule has 3 atom stereocenters. The molecule has 2 N–H and O–H groups in total. The molecule has 0 radical (unpaired) electrons. The van der Waals surface area contributed by atoms with Crippen molar-refractivity contribution in [2.75, 3.05) is 7.11 Å². The number of pyridine rings is 1. The maximum Gasteiger partial charge on any atom is 0.137 e. The molecule has 1 heterocycles. The van der Waals surface area contributed by atoms with E-state index < -0.39 is 0 Å². The molecule has 1 fully saturated rings. The zero-order chi connectivity index (χ0) is 12.3. The molecule has 1 aromatic rings. The fraction of sp³-hybridized carbons (Fsp3) is 0.643. The first-order valence-electron chi connectivity index (χ1n) is 6.49. The highest BCUT2D eigenvalue weighted by molar-refractivity contribution is 5.26. The number of nitrogens with two attached hydrogens (primary N) is 1. The Kier molecular flexibility index (Phi) is 4.00. The molecule has 17 heavy (non-hydrogen) atoms. The first-order valence-corrected chi connectivity index (χ1v) is 6.49. The molecule has 0 saturated heterocycles. The van der Waals surface area contributed by atoms with E-state index >= 15 is 0 Å². The summed E-state index contributed by atoms with van der Waals surface area (Å²) < 4.78 is 5.19. The van der Waals surface area contributed by atoms with Gasteiger partial charge in [-0.05, 0) is 36.3 Å². The van der Waals surface area contributed by atoms with Crippen molar-refractivity contribution >= 4 is 0 Å². The highest BCUT2D eigenvalue weighted by atomic mass is 16.5. The minimum atomic E-state index is 0.106. The SMILES string of the molecule is CCC1CCC(C(N)c2cncc(OC)c2)C1. The molecule has 1 aromatic heterocycles. The van der Waals surface area contributed by atoms with Crippen molar-refractivity contribution in [3.05, 3.63) is 24.0 Å². The number of aromatic nitrogens is 1. The van der Waals surface area contributed by atoms with Gasteiger partial charge in [0.25, 0.3) is 0 Å². The summed E-state index contributed by atoms with van der Waals surface area (Å²) in [5, 5.41) is 0. The van der Waals surface area contributed by atoms with Crippen LogP contribution in [0.25, 0.3) is 0 Å². The average Bonchev–Trinajstić information content (AvgIpc) is 2.86. The van der Waals surface area contributed by atoms with E-state index in [-0.39, 0.29) is 6.04 Å². The smallest absolute Gasteiger partial charge is 0.137 e. The molecular formula is C14H22N2O. The van der Waals surface area contributed by atoms with Gasteiger partial charge in [-0.2, -0.15) is 0 Å². The van der Waals surface area contributed by atoms with Gasteiger partial charge in [0.05, 0.1) is 13.3 Å². The number of hydrogen-bond donors (Lipinski definition) is 1. The maximum absolute atomic E-state index is 6.35. The molecule has 1 aliphatic carbocycles. The average molecular weight is 234 g/mol. The summed E-state index contributed by atoms with van der Waals surface area (Å²) in [6.07, 6.45) is 8.70. The topological polar surface area (TPSA) is 48.1 Å². The van der Waals surface area contributed by atoms with Crippen LogP contribution in [0.5, 0.6) is 5.75 Å². The van der Waals surface area contributed by atoms with Gasteiger partial charge in [-0.1, -0.05) is 19.8 Å². The summed E-state index contributed by atoms with van der Waals surface area (Å²) in [5.41, 5.74) is 7.45. The van der Waals surface area contributed by atoms with Gasteiger partial charge < -0.3 is 10.5 Å². The van der Waals surface area contributed by atoms with E-state index in [1.54, 1.807) is 13.3 Å². The van der Waals surface area contributed by atoms with Crippen molar-refractivity contribution in [1.29, 1.82) is 0 Å². The first kappa shape index (κ1) is 12.4. The van der Waals surface area contributed by atoms with Crippen molar-refractivity contribution in [2.24, 2.45) is 17.6 Å². The summed E-state index contributed by atoms with van der Waals surface area (Å²) >= 11 is 0. The molecule has 3 unspecified atom stereocenters. The van der Waals surface area contributed by atoms with E-state index in [1.807, 2.05) is 12.3 Å². The van der Waals surface area contributed by atoms with E-state index in [1.165, 1.54) is 25.7 Å². The molecule has 0 aromatic carbocycles. The Balaban J connectivity index is 2.06. The van der Waals surface area contributed by atoms with Crippen LogP contribution in [-0.2, 0) is 0 Å². The lowest BCUT2D eigenvalue weighted by Crippen LogP contribution is -2.19. The minimum Gasteiger partial charge on any atom is -0.495 e. The third-order valence-electron chi connectivity index (χ3n) is 4.02. The highest BCUT2D eigenvalue weighted by Gasteiger charge is 2.29. The van der Waals surface area contributed by atoms with Gasteiger partial charge in [0.1, 0.15) is 5.75 Å². The van der Waals surface area contributed by atoms with Crippen LogP contribution in [0, 0.1) is 11.8 Å². The lowest BCUT2D eigenvalue weighted by Gasteiger charge is -2.19. The first-order chi connectivity index (χ1) is 8.24. The second-order valence-electron chi connectivity index (χ2n) is 5.03. The van der Waals surface area contributed by atoms with E-state index in [4.69, 9.17) is 10.5 Å². The van der Waals surface area contributed by atoms with E-state index in [2.05, 4.69) is 11.9 Å². The van der Waals surface area contributed by atoms with E-state index in [0.29, 0.717) is 5.92 Å². The number of ether oxygens (including phenoxy) is 1. The van der Waals surface area contributed by atoms with E-state index in [9.17, 15) is 0 Å². The van der Waals surface area contributed by atoms with Gasteiger partial charge in [0.2, 0.25) is 0 Å². The molecule has 1 aliphatic rings. The third kappa shape index (κ3) is 2.78. The lowest BCUT2D eigenvalue weighted by atomic mass is 9.92. The zero-order valence-corrected chi connectivity index (χ0v) is 10.7. The second-order valence-corrected chi connectivity index (χ2v) is 5.03. The number of hydrogen-bond acceptors (Lipinski definition) is 3. The zero-order valence-electron chi connectivity index (χ0n) is 10.7. The van der Waals surface area contributed by atoms with Crippen molar-refractivity contribution in [3.8, 4) is 5.75 Å². The molecule has 3 nitrogen and oxygen atoms in total. The summed E-state index contributed by atoms with van der Waals surface area (Å²) in [6.45, 7) is 2.27. The normalized spacial score (nSPS) is 25.8. The summed E-state index contributed by atoms with van der Waals surface area (Å²) in [4.78, 5) is 4.18. The van der Waals surface area contributed by atoms with Gasteiger partial charge >= 0.3 is 0 Å². The van der Waals surface area contributed by atoms with Crippen molar-refractivity contribution < 1.29 is 4.74 Å². The van der Waals surface area contributed by atoms with Gasteiger partial charge in [-0.25, -0.2) is 0 Å². The van der Waals surface area contributed by atoms with Crippen molar-refractivity contribution in [2.45, 2.75) is 38.6 Å². The van der Waals surface area contributed by atoms with Crippen LogP contribution < -0.4 is 10.5 Å². The maximum atomic E-state index is 6.35. The predicted molar refractivity (Wildman–Crippen MR) is 68.8 cm³/mol. The Morgan fingerprint density at radius 3 is 2.94 bits per heavy atom. The Morgan fingerprint density at radius 1 is 1.47 bits per heavy atom. The number of methoxy groups -OCH3 is 1. The third-order valence-corrected chi connectivity index (χ3v) is 4.02. The largest absolute Gasteiger partial charge is 0.495 e. The van der Waals surface area contributed by atoms with Crippen LogP contribution in [0.15, 0.2) is 18.5 Å². The lowest BCUT2D eigenvalue weighted by molar-refractivity contribution is 0.401. The summed E-state index contributed by atoms with van der Waals surface area (Å²) in [6, 6.07) is 2.12. The van der Waals surface area contributed by atoms with Gasteiger partial charge in [-0.3, -0.25) is 4.98 Å². The predicted octanol–water partition coefficient (Wildman–Crippen LogP) is 2.92. The molecule has 0 bridgehead atoms. The molecule has 2 rings (SSSR count). The Hall–Kier alpha value is -1.09. The Bertz CT molecular complexity index is 367. The molecule has 94 valence electrons. The van der Waals surface area contributed by atoms with Crippen LogP contribution in [0.1, 0.15) is 44.2 Å². The fourth-order valence-electron chi connectivity index (χ4n) is 2.81. The van der Waals surface area contributed by atoms with Crippen LogP contribution >= 0.6 is 0 Å². The molecule has 0 spiro atoms. The standard InChI is InChI=1S/C14H22N2O/c1-3-10-4-5-11(6-10)14(15)12-7-13(17-2)9-16-8-12/h7-11,14H,3-6,15H2,1-2H3.